The molecule has 0 saturated carbocycles. The molecule has 4 nitrogen and oxygen atoms in total. The fourth-order valence-corrected chi connectivity index (χ4v) is 2.56. The maximum absolute atomic E-state index is 13.4. The molecule has 2 aliphatic rings. The van der Waals surface area contributed by atoms with Crippen LogP contribution in [-0.2, 0) is 4.79 Å². The number of guanidine groups is 1. The van der Waals surface area contributed by atoms with Gasteiger partial charge in [0.15, 0.2) is 0 Å². The highest BCUT2D eigenvalue weighted by molar-refractivity contribution is 6.31. The third kappa shape index (κ3) is 2.49. The summed E-state index contributed by atoms with van der Waals surface area (Å²) in [6.45, 7) is 0.567. The molecule has 0 fully saturated rings. The van der Waals surface area contributed by atoms with Gasteiger partial charge in [-0.1, -0.05) is 11.6 Å². The van der Waals surface area contributed by atoms with Gasteiger partial charge in [-0.3, -0.25) is 9.79 Å². The molecule has 0 atom stereocenters. The van der Waals surface area contributed by atoms with E-state index in [9.17, 15) is 13.6 Å². The second-order valence-corrected chi connectivity index (χ2v) is 5.42. The molecule has 21 heavy (non-hydrogen) atoms. The molecule has 0 aliphatic carbocycles. The van der Waals surface area contributed by atoms with Crippen molar-refractivity contribution in [2.24, 2.45) is 4.99 Å². The number of carbonyl (C=O) groups excluding carboxylic acids is 1. The number of anilines is 1. The summed E-state index contributed by atoms with van der Waals surface area (Å²) in [6, 6.07) is 6.46. The van der Waals surface area contributed by atoms with Gasteiger partial charge in [-0.25, -0.2) is 4.90 Å². The Morgan fingerprint density at radius 3 is 2.52 bits per heavy atom. The van der Waals surface area contributed by atoms with Gasteiger partial charge in [0.2, 0.25) is 5.96 Å². The summed E-state index contributed by atoms with van der Waals surface area (Å²) >= 11 is 10.9. The SMILES string of the molecule is O=C1C=C(C(F)(F)Cl)N2CCN=C2N1c1ccc(Cl)cc1. The Labute approximate surface area is 129 Å². The van der Waals surface area contributed by atoms with E-state index >= 15 is 0 Å². The molecule has 0 radical (unpaired) electrons. The van der Waals surface area contributed by atoms with Gasteiger partial charge in [-0.15, -0.1) is 0 Å². The number of aliphatic imine (C=N–C) groups is 1. The van der Waals surface area contributed by atoms with Crippen molar-refractivity contribution in [2.45, 2.75) is 5.38 Å². The minimum absolute atomic E-state index is 0.153. The minimum Gasteiger partial charge on any atom is -0.307 e. The topological polar surface area (TPSA) is 35.9 Å². The molecule has 2 aliphatic heterocycles. The first-order chi connectivity index (χ1) is 9.88. The molecule has 0 unspecified atom stereocenters. The fourth-order valence-electron chi connectivity index (χ4n) is 2.28. The lowest BCUT2D eigenvalue weighted by Gasteiger charge is -2.35. The molecule has 0 aromatic heterocycles. The van der Waals surface area contributed by atoms with E-state index in [2.05, 4.69) is 4.99 Å². The quantitative estimate of drug-likeness (QED) is 0.781. The maximum atomic E-state index is 13.4. The summed E-state index contributed by atoms with van der Waals surface area (Å²) in [6.07, 6.45) is 0.839. The molecule has 2 heterocycles. The number of hydrogen-bond donors (Lipinski definition) is 0. The first-order valence-corrected chi connectivity index (χ1v) is 6.84. The number of fused-ring (bicyclic) bond motifs is 1. The summed E-state index contributed by atoms with van der Waals surface area (Å²) in [5, 5.41) is -3.11. The second-order valence-electron chi connectivity index (χ2n) is 4.51. The number of allylic oxidation sites excluding steroid dienone is 1. The van der Waals surface area contributed by atoms with Crippen molar-refractivity contribution in [2.75, 3.05) is 18.0 Å². The number of alkyl halides is 3. The highest BCUT2D eigenvalue weighted by Crippen LogP contribution is 2.36. The summed E-state index contributed by atoms with van der Waals surface area (Å²) < 4.78 is 26.8. The fraction of sp³-hybridized carbons (Fsp3) is 0.231. The van der Waals surface area contributed by atoms with Crippen molar-refractivity contribution in [3.63, 3.8) is 0 Å². The zero-order valence-electron chi connectivity index (χ0n) is 10.6. The molecule has 0 spiro atoms. The Kier molecular flexibility index (Phi) is 3.37. The van der Waals surface area contributed by atoms with Gasteiger partial charge >= 0.3 is 5.38 Å². The number of hydrogen-bond acceptors (Lipinski definition) is 3. The third-order valence-electron chi connectivity index (χ3n) is 3.16. The lowest BCUT2D eigenvalue weighted by molar-refractivity contribution is -0.114. The van der Waals surface area contributed by atoms with E-state index in [1.54, 1.807) is 24.3 Å². The van der Waals surface area contributed by atoms with Gasteiger partial charge in [-0.2, -0.15) is 8.78 Å². The van der Waals surface area contributed by atoms with Crippen LogP contribution in [0.3, 0.4) is 0 Å². The number of rotatable bonds is 2. The summed E-state index contributed by atoms with van der Waals surface area (Å²) in [4.78, 5) is 18.8. The normalized spacial score (nSPS) is 18.6. The molecule has 3 rings (SSSR count). The van der Waals surface area contributed by atoms with Crippen LogP contribution in [0.5, 0.6) is 0 Å². The van der Waals surface area contributed by atoms with Crippen LogP contribution in [0.15, 0.2) is 41.0 Å². The van der Waals surface area contributed by atoms with Gasteiger partial charge < -0.3 is 4.90 Å². The molecule has 0 saturated heterocycles. The van der Waals surface area contributed by atoms with E-state index in [1.807, 2.05) is 0 Å². The summed E-state index contributed by atoms with van der Waals surface area (Å²) in [5.41, 5.74) is -0.0427. The summed E-state index contributed by atoms with van der Waals surface area (Å²) in [5.74, 6) is -0.468. The number of amides is 1. The standard InChI is InChI=1S/C13H9Cl2F2N3O/c14-8-1-3-9(4-2-8)20-11(21)7-10(13(15,16)17)19-6-5-18-12(19)20/h1-4,7H,5-6H2. The molecule has 1 aromatic rings. The highest BCUT2D eigenvalue weighted by atomic mass is 35.5. The van der Waals surface area contributed by atoms with Crippen molar-refractivity contribution >= 4 is 40.8 Å². The number of benzene rings is 1. The Morgan fingerprint density at radius 2 is 1.90 bits per heavy atom. The molecular weight excluding hydrogens is 323 g/mol. The van der Waals surface area contributed by atoms with Crippen molar-refractivity contribution in [3.05, 3.63) is 41.1 Å². The van der Waals surface area contributed by atoms with Crippen LogP contribution in [0, 0.1) is 0 Å². The molecule has 1 amide bonds. The van der Waals surface area contributed by atoms with Gasteiger partial charge in [0, 0.05) is 17.6 Å². The van der Waals surface area contributed by atoms with Crippen LogP contribution >= 0.6 is 23.2 Å². The van der Waals surface area contributed by atoms with Crippen LogP contribution in [-0.4, -0.2) is 35.2 Å². The Bertz CT molecular complexity index is 652. The molecule has 1 aromatic carbocycles. The van der Waals surface area contributed by atoms with Crippen LogP contribution in [0.4, 0.5) is 14.5 Å². The molecule has 8 heteroatoms. The molecular formula is C13H9Cl2F2N3O. The Balaban J connectivity index is 2.06. The lowest BCUT2D eigenvalue weighted by Crippen LogP contribution is -2.51. The minimum atomic E-state index is -3.62. The van der Waals surface area contributed by atoms with Crippen LogP contribution in [0.1, 0.15) is 0 Å². The van der Waals surface area contributed by atoms with Crippen LogP contribution in [0.2, 0.25) is 5.02 Å². The molecule has 110 valence electrons. The average Bonchev–Trinajstić information content (AvgIpc) is 2.87. The van der Waals surface area contributed by atoms with Crippen LogP contribution in [0.25, 0.3) is 0 Å². The van der Waals surface area contributed by atoms with E-state index in [1.165, 1.54) is 9.80 Å². The highest BCUT2D eigenvalue weighted by Gasteiger charge is 2.44. The maximum Gasteiger partial charge on any atom is 0.363 e. The first-order valence-electron chi connectivity index (χ1n) is 6.08. The van der Waals surface area contributed by atoms with E-state index < -0.39 is 17.0 Å². The van der Waals surface area contributed by atoms with Gasteiger partial charge in [0.1, 0.15) is 5.70 Å². The zero-order valence-corrected chi connectivity index (χ0v) is 12.1. The van der Waals surface area contributed by atoms with Gasteiger partial charge in [-0.05, 0) is 35.9 Å². The van der Waals surface area contributed by atoms with E-state index in [4.69, 9.17) is 23.2 Å². The van der Waals surface area contributed by atoms with E-state index in [-0.39, 0.29) is 12.5 Å². The molecule has 0 bridgehead atoms. The van der Waals surface area contributed by atoms with Gasteiger partial charge in [0.05, 0.1) is 12.2 Å². The number of carbonyl (C=O) groups is 1. The zero-order chi connectivity index (χ0) is 15.2. The average molecular weight is 332 g/mol. The molecule has 0 N–H and O–H groups in total. The lowest BCUT2D eigenvalue weighted by atomic mass is 10.2. The monoisotopic (exact) mass is 331 g/mol. The van der Waals surface area contributed by atoms with Crippen molar-refractivity contribution < 1.29 is 13.6 Å². The second kappa shape index (κ2) is 4.96. The Hall–Kier alpha value is -1.66. The predicted octanol–water partition coefficient (Wildman–Crippen LogP) is 3.07. The van der Waals surface area contributed by atoms with E-state index in [0.717, 1.165) is 6.08 Å². The predicted molar refractivity (Wildman–Crippen MR) is 76.8 cm³/mol. The largest absolute Gasteiger partial charge is 0.363 e. The Morgan fingerprint density at radius 1 is 1.24 bits per heavy atom. The smallest absolute Gasteiger partial charge is 0.307 e. The number of nitrogens with zero attached hydrogens (tertiary/aromatic N) is 3. The third-order valence-corrected chi connectivity index (χ3v) is 3.61. The van der Waals surface area contributed by atoms with Gasteiger partial charge in [0.25, 0.3) is 5.91 Å². The van der Waals surface area contributed by atoms with E-state index in [0.29, 0.717) is 17.3 Å². The van der Waals surface area contributed by atoms with Crippen molar-refractivity contribution in [1.82, 2.24) is 4.90 Å². The van der Waals surface area contributed by atoms with Crippen LogP contribution < -0.4 is 4.90 Å². The first kappa shape index (κ1) is 14.3. The van der Waals surface area contributed by atoms with Crippen molar-refractivity contribution in [3.8, 4) is 0 Å². The van der Waals surface area contributed by atoms with Crippen molar-refractivity contribution in [1.29, 1.82) is 0 Å². The summed E-state index contributed by atoms with van der Waals surface area (Å²) in [7, 11) is 0. The number of halogens is 4.